The second-order valence-electron chi connectivity index (χ2n) is 5.54. The Bertz CT molecular complexity index is 396. The molecule has 1 rings (SSSR count). The van der Waals surface area contributed by atoms with Crippen molar-refractivity contribution < 1.29 is 14.7 Å². The van der Waals surface area contributed by atoms with E-state index in [9.17, 15) is 14.7 Å². The number of hydrogen-bond acceptors (Lipinski definition) is 2. The Kier molecular flexibility index (Phi) is 5.33. The molecular weight excluding hydrogens is 242 g/mol. The number of carbonyl (C=O) groups excluding carboxylic acids is 1. The summed E-state index contributed by atoms with van der Waals surface area (Å²) in [5.74, 6) is -0.821. The number of hydrogen-bond donors (Lipinski definition) is 1. The highest BCUT2D eigenvalue weighted by Crippen LogP contribution is 2.34. The first-order chi connectivity index (χ1) is 8.89. The fourth-order valence-corrected chi connectivity index (χ4v) is 2.30. The van der Waals surface area contributed by atoms with Gasteiger partial charge in [-0.3, -0.25) is 9.59 Å². The van der Waals surface area contributed by atoms with E-state index >= 15 is 0 Å². The van der Waals surface area contributed by atoms with Crippen LogP contribution in [0, 0.1) is 11.3 Å². The minimum Gasteiger partial charge on any atom is -0.481 e. The lowest BCUT2D eigenvalue weighted by molar-refractivity contribution is -0.152. The van der Waals surface area contributed by atoms with Crippen LogP contribution in [0.15, 0.2) is 24.3 Å². The summed E-state index contributed by atoms with van der Waals surface area (Å²) >= 11 is 0. The van der Waals surface area contributed by atoms with Gasteiger partial charge in [0.15, 0.2) is 0 Å². The topological polar surface area (TPSA) is 57.6 Å². The first kappa shape index (κ1) is 15.5. The van der Waals surface area contributed by atoms with Crippen LogP contribution in [0.4, 0.5) is 0 Å². The molecule has 0 radical (unpaired) electrons. The SMILES string of the molecule is C/C=C/C=CC(=O)N1CCCC(C(C)(C)C(=O)O)C1. The van der Waals surface area contributed by atoms with Crippen molar-refractivity contribution in [3.05, 3.63) is 24.3 Å². The van der Waals surface area contributed by atoms with Crippen LogP contribution in [-0.4, -0.2) is 35.0 Å². The van der Waals surface area contributed by atoms with Gasteiger partial charge in [0.25, 0.3) is 0 Å². The second-order valence-corrected chi connectivity index (χ2v) is 5.54. The fraction of sp³-hybridized carbons (Fsp3) is 0.600. The van der Waals surface area contributed by atoms with Gasteiger partial charge in [-0.05, 0) is 39.5 Å². The van der Waals surface area contributed by atoms with Crippen LogP contribution < -0.4 is 0 Å². The zero-order valence-corrected chi connectivity index (χ0v) is 11.9. The average molecular weight is 265 g/mol. The molecule has 0 spiro atoms. The smallest absolute Gasteiger partial charge is 0.309 e. The first-order valence-electron chi connectivity index (χ1n) is 6.71. The molecule has 19 heavy (non-hydrogen) atoms. The third-order valence-electron chi connectivity index (χ3n) is 3.85. The molecule has 1 amide bonds. The van der Waals surface area contributed by atoms with E-state index in [2.05, 4.69) is 0 Å². The molecule has 106 valence electrons. The van der Waals surface area contributed by atoms with Gasteiger partial charge in [-0.15, -0.1) is 0 Å². The van der Waals surface area contributed by atoms with Crippen molar-refractivity contribution in [2.45, 2.75) is 33.6 Å². The molecule has 1 aliphatic heterocycles. The molecule has 0 aliphatic carbocycles. The molecule has 1 atom stereocenters. The van der Waals surface area contributed by atoms with E-state index in [4.69, 9.17) is 0 Å². The molecule has 1 saturated heterocycles. The molecule has 1 N–H and O–H groups in total. The van der Waals surface area contributed by atoms with Crippen molar-refractivity contribution in [1.82, 2.24) is 4.90 Å². The lowest BCUT2D eigenvalue weighted by Gasteiger charge is -2.38. The van der Waals surface area contributed by atoms with E-state index in [1.54, 1.807) is 30.9 Å². The van der Waals surface area contributed by atoms with E-state index in [1.807, 2.05) is 13.0 Å². The number of carbonyl (C=O) groups is 2. The predicted octanol–water partition coefficient (Wildman–Crippen LogP) is 2.47. The van der Waals surface area contributed by atoms with Gasteiger partial charge >= 0.3 is 5.97 Å². The lowest BCUT2D eigenvalue weighted by Crippen LogP contribution is -2.46. The molecule has 4 heteroatoms. The summed E-state index contributed by atoms with van der Waals surface area (Å²) < 4.78 is 0. The summed E-state index contributed by atoms with van der Waals surface area (Å²) in [5, 5.41) is 9.27. The summed E-state index contributed by atoms with van der Waals surface area (Å²) in [5.41, 5.74) is -0.786. The quantitative estimate of drug-likeness (QED) is 0.627. The first-order valence-corrected chi connectivity index (χ1v) is 6.71. The molecule has 4 nitrogen and oxygen atoms in total. The number of nitrogens with zero attached hydrogens (tertiary/aromatic N) is 1. The third kappa shape index (κ3) is 3.94. The van der Waals surface area contributed by atoms with Gasteiger partial charge in [0.2, 0.25) is 5.91 Å². The number of rotatable bonds is 4. The highest BCUT2D eigenvalue weighted by Gasteiger charge is 2.39. The normalized spacial score (nSPS) is 21.2. The summed E-state index contributed by atoms with van der Waals surface area (Å²) in [6.45, 7) is 6.61. The highest BCUT2D eigenvalue weighted by molar-refractivity contribution is 5.88. The number of piperidine rings is 1. The molecule has 1 heterocycles. The van der Waals surface area contributed by atoms with E-state index in [-0.39, 0.29) is 11.8 Å². The summed E-state index contributed by atoms with van der Waals surface area (Å²) in [7, 11) is 0. The Labute approximate surface area is 114 Å². The van der Waals surface area contributed by atoms with Gasteiger partial charge in [0.05, 0.1) is 5.41 Å². The van der Waals surface area contributed by atoms with Crippen molar-refractivity contribution >= 4 is 11.9 Å². The van der Waals surface area contributed by atoms with Crippen LogP contribution in [-0.2, 0) is 9.59 Å². The van der Waals surface area contributed by atoms with Crippen molar-refractivity contribution in [3.63, 3.8) is 0 Å². The van der Waals surface area contributed by atoms with Gasteiger partial charge in [-0.25, -0.2) is 0 Å². The fourth-order valence-electron chi connectivity index (χ4n) is 2.30. The van der Waals surface area contributed by atoms with Crippen LogP contribution >= 0.6 is 0 Å². The second kappa shape index (κ2) is 6.55. The van der Waals surface area contributed by atoms with Gasteiger partial charge in [-0.2, -0.15) is 0 Å². The third-order valence-corrected chi connectivity index (χ3v) is 3.85. The number of carboxylic acids is 1. The predicted molar refractivity (Wildman–Crippen MR) is 74.7 cm³/mol. The maximum atomic E-state index is 12.0. The van der Waals surface area contributed by atoms with E-state index in [1.165, 1.54) is 6.08 Å². The standard InChI is InChI=1S/C15H23NO3/c1-4-5-6-9-13(17)16-10-7-8-12(11-16)15(2,3)14(18)19/h4-6,9,12H,7-8,10-11H2,1-3H3,(H,18,19)/b5-4+,9-6?. The Morgan fingerprint density at radius 1 is 1.32 bits per heavy atom. The number of aliphatic carboxylic acids is 1. The molecule has 0 aromatic rings. The molecule has 1 aliphatic rings. The van der Waals surface area contributed by atoms with Crippen LogP contribution in [0.25, 0.3) is 0 Å². The average Bonchev–Trinajstić information content (AvgIpc) is 2.39. The Balaban J connectivity index is 2.69. The van der Waals surface area contributed by atoms with Gasteiger partial charge in [0.1, 0.15) is 0 Å². The van der Waals surface area contributed by atoms with Gasteiger partial charge in [-0.1, -0.05) is 18.2 Å². The van der Waals surface area contributed by atoms with E-state index in [0.29, 0.717) is 13.1 Å². The molecule has 1 fully saturated rings. The zero-order valence-electron chi connectivity index (χ0n) is 11.9. The van der Waals surface area contributed by atoms with Crippen LogP contribution in [0.3, 0.4) is 0 Å². The van der Waals surface area contributed by atoms with Gasteiger partial charge in [0, 0.05) is 19.2 Å². The monoisotopic (exact) mass is 265 g/mol. The Hall–Kier alpha value is -1.58. The number of allylic oxidation sites excluding steroid dienone is 3. The number of amides is 1. The lowest BCUT2D eigenvalue weighted by atomic mass is 9.74. The maximum absolute atomic E-state index is 12.0. The zero-order chi connectivity index (χ0) is 14.5. The molecule has 0 aromatic carbocycles. The molecule has 1 unspecified atom stereocenters. The Morgan fingerprint density at radius 3 is 2.58 bits per heavy atom. The maximum Gasteiger partial charge on any atom is 0.309 e. The molecule has 0 saturated carbocycles. The molecule has 0 bridgehead atoms. The summed E-state index contributed by atoms with van der Waals surface area (Å²) in [6.07, 6.45) is 8.65. The van der Waals surface area contributed by atoms with Crippen LogP contribution in [0.5, 0.6) is 0 Å². The molecular formula is C15H23NO3. The summed E-state index contributed by atoms with van der Waals surface area (Å²) in [4.78, 5) is 25.0. The van der Waals surface area contributed by atoms with E-state index < -0.39 is 11.4 Å². The number of carboxylic acid groups (broad SMARTS) is 1. The number of likely N-dealkylation sites (tertiary alicyclic amines) is 1. The van der Waals surface area contributed by atoms with Crippen LogP contribution in [0.2, 0.25) is 0 Å². The summed E-state index contributed by atoms with van der Waals surface area (Å²) in [6, 6.07) is 0. The van der Waals surface area contributed by atoms with Crippen molar-refractivity contribution in [1.29, 1.82) is 0 Å². The minimum atomic E-state index is -0.795. The van der Waals surface area contributed by atoms with E-state index in [0.717, 1.165) is 12.8 Å². The van der Waals surface area contributed by atoms with Crippen molar-refractivity contribution in [3.8, 4) is 0 Å². The largest absolute Gasteiger partial charge is 0.481 e. The Morgan fingerprint density at radius 2 is 2.00 bits per heavy atom. The van der Waals surface area contributed by atoms with Gasteiger partial charge < -0.3 is 10.0 Å². The minimum absolute atomic E-state index is 0.0119. The van der Waals surface area contributed by atoms with Crippen molar-refractivity contribution in [2.24, 2.45) is 11.3 Å². The highest BCUT2D eigenvalue weighted by atomic mass is 16.4. The van der Waals surface area contributed by atoms with Crippen molar-refractivity contribution in [2.75, 3.05) is 13.1 Å². The van der Waals surface area contributed by atoms with Crippen LogP contribution in [0.1, 0.15) is 33.6 Å². The molecule has 0 aromatic heterocycles.